The summed E-state index contributed by atoms with van der Waals surface area (Å²) in [5.41, 5.74) is 0. The second kappa shape index (κ2) is 51.7. The maximum Gasteiger partial charge on any atom is 0.220 e. The molecular formula is C61H121NO8. The minimum Gasteiger partial charge on any atom is -0.394 e. The highest BCUT2D eigenvalue weighted by atomic mass is 16.7. The predicted octanol–water partition coefficient (Wildman–Crippen LogP) is 15.8. The van der Waals surface area contributed by atoms with E-state index in [-0.39, 0.29) is 12.5 Å². The zero-order valence-electron chi connectivity index (χ0n) is 46.6. The first kappa shape index (κ1) is 67.2. The topological polar surface area (TPSA) is 149 Å². The van der Waals surface area contributed by atoms with Crippen molar-refractivity contribution in [3.05, 3.63) is 0 Å². The van der Waals surface area contributed by atoms with Crippen molar-refractivity contribution in [2.75, 3.05) is 13.2 Å². The van der Waals surface area contributed by atoms with Gasteiger partial charge < -0.3 is 40.3 Å². The molecule has 0 aromatic carbocycles. The van der Waals surface area contributed by atoms with Gasteiger partial charge in [-0.15, -0.1) is 0 Å². The SMILES string of the molecule is CCCCCCCCCCCCCCCCCCCCCCCCCCCCC(O)C(COC1OC(CO)C(O)C(O)C1O)NC(=O)CCCCCCCCCCCCCCCCCCCCCCC. The van der Waals surface area contributed by atoms with Crippen molar-refractivity contribution >= 4 is 5.91 Å². The number of aliphatic hydroxyl groups is 5. The van der Waals surface area contributed by atoms with Gasteiger partial charge in [-0.05, 0) is 12.8 Å². The Morgan fingerprint density at radius 3 is 1.01 bits per heavy atom. The van der Waals surface area contributed by atoms with Gasteiger partial charge in [-0.1, -0.05) is 309 Å². The minimum absolute atomic E-state index is 0.131. The third-order valence-corrected chi connectivity index (χ3v) is 15.5. The lowest BCUT2D eigenvalue weighted by molar-refractivity contribution is -0.302. The Bertz CT molecular complexity index is 1060. The summed E-state index contributed by atoms with van der Waals surface area (Å²) >= 11 is 0. The molecule has 1 heterocycles. The van der Waals surface area contributed by atoms with Gasteiger partial charge in [0.1, 0.15) is 24.4 Å². The summed E-state index contributed by atoms with van der Waals surface area (Å²) in [5, 5.41) is 54.8. The van der Waals surface area contributed by atoms with E-state index in [0.717, 1.165) is 38.5 Å². The fourth-order valence-electron chi connectivity index (χ4n) is 10.5. The highest BCUT2D eigenvalue weighted by Crippen LogP contribution is 2.24. The van der Waals surface area contributed by atoms with Crippen LogP contribution < -0.4 is 5.32 Å². The number of carbonyl (C=O) groups excluding carboxylic acids is 1. The van der Waals surface area contributed by atoms with Crippen LogP contribution in [-0.4, -0.2) is 87.5 Å². The van der Waals surface area contributed by atoms with Crippen molar-refractivity contribution in [1.82, 2.24) is 5.32 Å². The number of unbranched alkanes of at least 4 members (excludes halogenated alkanes) is 45. The highest BCUT2D eigenvalue weighted by molar-refractivity contribution is 5.76. The molecule has 0 aromatic rings. The third-order valence-electron chi connectivity index (χ3n) is 15.5. The Hall–Kier alpha value is -0.810. The summed E-state index contributed by atoms with van der Waals surface area (Å²) in [7, 11) is 0. The molecule has 9 heteroatoms. The number of amides is 1. The molecule has 418 valence electrons. The van der Waals surface area contributed by atoms with Crippen molar-refractivity contribution in [3.63, 3.8) is 0 Å². The van der Waals surface area contributed by atoms with Crippen molar-refractivity contribution in [3.8, 4) is 0 Å². The van der Waals surface area contributed by atoms with Crippen LogP contribution in [0.25, 0.3) is 0 Å². The Morgan fingerprint density at radius 1 is 0.429 bits per heavy atom. The number of hydrogen-bond donors (Lipinski definition) is 6. The van der Waals surface area contributed by atoms with E-state index in [1.165, 1.54) is 263 Å². The van der Waals surface area contributed by atoms with Crippen molar-refractivity contribution in [2.24, 2.45) is 0 Å². The maximum atomic E-state index is 13.1. The molecule has 1 saturated heterocycles. The van der Waals surface area contributed by atoms with Crippen molar-refractivity contribution < 1.29 is 39.8 Å². The van der Waals surface area contributed by atoms with Crippen molar-refractivity contribution in [1.29, 1.82) is 0 Å². The molecule has 7 atom stereocenters. The van der Waals surface area contributed by atoms with Gasteiger partial charge in [0.2, 0.25) is 5.91 Å². The van der Waals surface area contributed by atoms with Crippen LogP contribution in [0.2, 0.25) is 0 Å². The van der Waals surface area contributed by atoms with Crippen LogP contribution in [0.3, 0.4) is 0 Å². The highest BCUT2D eigenvalue weighted by Gasteiger charge is 2.44. The second-order valence-corrected chi connectivity index (χ2v) is 22.2. The zero-order valence-corrected chi connectivity index (χ0v) is 46.6. The number of aliphatic hydroxyl groups excluding tert-OH is 5. The number of nitrogens with one attached hydrogen (secondary N) is 1. The van der Waals surface area contributed by atoms with Crippen LogP contribution in [0.1, 0.15) is 328 Å². The van der Waals surface area contributed by atoms with Gasteiger partial charge in [0.15, 0.2) is 6.29 Å². The third kappa shape index (κ3) is 40.6. The number of hydrogen-bond acceptors (Lipinski definition) is 8. The average molecular weight is 997 g/mol. The quantitative estimate of drug-likeness (QED) is 0.0330. The summed E-state index contributed by atoms with van der Waals surface area (Å²) in [6.45, 7) is 3.90. The van der Waals surface area contributed by atoms with Gasteiger partial charge in [-0.25, -0.2) is 0 Å². The number of carbonyl (C=O) groups is 1. The normalized spacial score (nSPS) is 19.2. The van der Waals surface area contributed by atoms with Gasteiger partial charge in [0.05, 0.1) is 25.4 Å². The van der Waals surface area contributed by atoms with Crippen LogP contribution in [0.15, 0.2) is 0 Å². The van der Waals surface area contributed by atoms with Gasteiger partial charge in [0.25, 0.3) is 0 Å². The lowest BCUT2D eigenvalue weighted by atomic mass is 9.99. The van der Waals surface area contributed by atoms with E-state index in [2.05, 4.69) is 19.2 Å². The Labute approximate surface area is 434 Å². The molecule has 0 radical (unpaired) electrons. The first-order valence-corrected chi connectivity index (χ1v) is 31.2. The molecule has 1 aliphatic rings. The Morgan fingerprint density at radius 2 is 0.714 bits per heavy atom. The van der Waals surface area contributed by atoms with Crippen LogP contribution >= 0.6 is 0 Å². The molecule has 1 amide bonds. The van der Waals surface area contributed by atoms with E-state index < -0.39 is 49.5 Å². The molecule has 0 saturated carbocycles. The monoisotopic (exact) mass is 996 g/mol. The Balaban J connectivity index is 2.15. The van der Waals surface area contributed by atoms with Crippen LogP contribution in [0.4, 0.5) is 0 Å². The molecule has 0 aliphatic carbocycles. The van der Waals surface area contributed by atoms with Crippen LogP contribution in [0, 0.1) is 0 Å². The molecule has 1 rings (SSSR count). The standard InChI is InChI=1S/C61H121NO8/c1-3-5-7-9-11-13-15-17-19-21-23-25-26-27-28-29-31-32-34-36-38-40-42-44-46-48-50-55(64)54(53-69-61-60(68)59(67)58(66)56(52-63)70-61)62-57(65)51-49-47-45-43-41-39-37-35-33-30-24-22-20-18-16-14-12-10-8-6-4-2/h54-56,58-61,63-64,66-68H,3-53H2,1-2H3,(H,62,65). The molecule has 1 fully saturated rings. The summed E-state index contributed by atoms with van der Waals surface area (Å²) < 4.78 is 11.3. The first-order valence-electron chi connectivity index (χ1n) is 31.2. The lowest BCUT2D eigenvalue weighted by Crippen LogP contribution is -2.60. The zero-order chi connectivity index (χ0) is 50.8. The average Bonchev–Trinajstić information content (AvgIpc) is 3.36. The second-order valence-electron chi connectivity index (χ2n) is 22.2. The smallest absolute Gasteiger partial charge is 0.220 e. The van der Waals surface area contributed by atoms with E-state index in [1.54, 1.807) is 0 Å². The summed E-state index contributed by atoms with van der Waals surface area (Å²) in [5.74, 6) is -0.135. The van der Waals surface area contributed by atoms with E-state index in [4.69, 9.17) is 9.47 Å². The van der Waals surface area contributed by atoms with Crippen LogP contribution in [0.5, 0.6) is 0 Å². The molecule has 9 nitrogen and oxygen atoms in total. The summed E-state index contributed by atoms with van der Waals surface area (Å²) in [6.07, 6.45) is 55.7. The van der Waals surface area contributed by atoms with Gasteiger partial charge in [-0.3, -0.25) is 4.79 Å². The fraction of sp³-hybridized carbons (Fsp3) is 0.984. The number of ether oxygens (including phenoxy) is 2. The first-order chi connectivity index (χ1) is 34.3. The molecule has 6 N–H and O–H groups in total. The molecule has 0 spiro atoms. The minimum atomic E-state index is -1.55. The molecule has 1 aliphatic heterocycles. The molecule has 70 heavy (non-hydrogen) atoms. The molecule has 7 unspecified atom stereocenters. The molecular weight excluding hydrogens is 875 g/mol. The van der Waals surface area contributed by atoms with Crippen LogP contribution in [-0.2, 0) is 14.3 Å². The van der Waals surface area contributed by atoms with E-state index in [9.17, 15) is 30.3 Å². The lowest BCUT2D eigenvalue weighted by Gasteiger charge is -2.40. The predicted molar refractivity (Wildman–Crippen MR) is 295 cm³/mol. The summed E-state index contributed by atoms with van der Waals surface area (Å²) in [4.78, 5) is 13.1. The van der Waals surface area contributed by atoms with Gasteiger partial charge in [0, 0.05) is 6.42 Å². The molecule has 0 aromatic heterocycles. The van der Waals surface area contributed by atoms with E-state index >= 15 is 0 Å². The van der Waals surface area contributed by atoms with E-state index in [0.29, 0.717) is 12.8 Å². The molecule has 0 bridgehead atoms. The Kier molecular flexibility index (Phi) is 49.6. The van der Waals surface area contributed by atoms with Crippen molar-refractivity contribution in [2.45, 2.75) is 371 Å². The largest absolute Gasteiger partial charge is 0.394 e. The summed E-state index contributed by atoms with van der Waals surface area (Å²) in [6, 6.07) is -0.714. The van der Waals surface area contributed by atoms with E-state index in [1.807, 2.05) is 0 Å². The van der Waals surface area contributed by atoms with Gasteiger partial charge in [-0.2, -0.15) is 0 Å². The fourth-order valence-corrected chi connectivity index (χ4v) is 10.5. The maximum absolute atomic E-state index is 13.1. The number of rotatable bonds is 55. The van der Waals surface area contributed by atoms with Gasteiger partial charge >= 0.3 is 0 Å².